The van der Waals surface area contributed by atoms with Crippen LogP contribution in [0.4, 0.5) is 0 Å². The van der Waals surface area contributed by atoms with E-state index in [1.807, 2.05) is 35.1 Å². The third-order valence-corrected chi connectivity index (χ3v) is 6.10. The van der Waals surface area contributed by atoms with Crippen molar-refractivity contribution in [2.45, 2.75) is 25.2 Å². The molecule has 0 fully saturated rings. The molecule has 176 valence electrons. The topological polar surface area (TPSA) is 132 Å². The second-order valence-electron chi connectivity index (χ2n) is 7.33. The number of sulfonamides is 1. The Hall–Kier alpha value is -4.05. The molecule has 34 heavy (non-hydrogen) atoms. The van der Waals surface area contributed by atoms with Gasteiger partial charge in [0.2, 0.25) is 5.88 Å². The number of carbonyl (C=O) groups is 3. The summed E-state index contributed by atoms with van der Waals surface area (Å²) in [6.07, 6.45) is 0.668. The zero-order valence-corrected chi connectivity index (χ0v) is 19.4. The number of hydrogen-bond donors (Lipinski definition) is 2. The highest BCUT2D eigenvalue weighted by atomic mass is 32.2. The van der Waals surface area contributed by atoms with E-state index in [0.29, 0.717) is 18.5 Å². The first-order valence-electron chi connectivity index (χ1n) is 10.3. The Bertz CT molecular complexity index is 1310. The highest BCUT2D eigenvalue weighted by Gasteiger charge is 2.21. The van der Waals surface area contributed by atoms with Crippen LogP contribution in [0.5, 0.6) is 5.88 Å². The summed E-state index contributed by atoms with van der Waals surface area (Å²) in [5.74, 6) is -1.79. The summed E-state index contributed by atoms with van der Waals surface area (Å²) in [5.41, 5.74) is 1.58. The van der Waals surface area contributed by atoms with Gasteiger partial charge in [0.15, 0.2) is 0 Å². The molecule has 0 aliphatic rings. The zero-order chi connectivity index (χ0) is 24.7. The van der Waals surface area contributed by atoms with Gasteiger partial charge in [-0.05, 0) is 49.2 Å². The largest absolute Gasteiger partial charge is 0.408 e. The number of aromatic nitrogens is 1. The third kappa shape index (κ3) is 6.48. The van der Waals surface area contributed by atoms with E-state index >= 15 is 0 Å². The van der Waals surface area contributed by atoms with Gasteiger partial charge in [0.25, 0.3) is 21.8 Å². The molecule has 3 rings (SSSR count). The van der Waals surface area contributed by atoms with Gasteiger partial charge in [0.05, 0.1) is 16.2 Å². The van der Waals surface area contributed by atoms with Crippen molar-refractivity contribution < 1.29 is 27.5 Å². The Morgan fingerprint density at radius 2 is 1.59 bits per heavy atom. The van der Waals surface area contributed by atoms with Crippen molar-refractivity contribution in [1.29, 1.82) is 0 Å². The van der Waals surface area contributed by atoms with E-state index in [4.69, 9.17) is 4.74 Å². The molecule has 0 bridgehead atoms. The first kappa shape index (κ1) is 24.6. The summed E-state index contributed by atoms with van der Waals surface area (Å²) in [5, 5.41) is 2.79. The molecule has 0 spiro atoms. The summed E-state index contributed by atoms with van der Waals surface area (Å²) in [6, 6.07) is 17.5. The normalized spacial score (nSPS) is 10.9. The molecular weight excluding hydrogens is 458 g/mol. The average molecular weight is 482 g/mol. The molecule has 0 saturated heterocycles. The molecule has 2 amide bonds. The fourth-order valence-corrected chi connectivity index (χ4v) is 4.04. The molecular formula is C24H23N3O6S. The minimum atomic E-state index is -4.19. The number of aryl methyl sites for hydroxylation is 1. The van der Waals surface area contributed by atoms with Crippen LogP contribution in [0.2, 0.25) is 0 Å². The Morgan fingerprint density at radius 3 is 2.21 bits per heavy atom. The van der Waals surface area contributed by atoms with Gasteiger partial charge in [-0.3, -0.25) is 14.4 Å². The van der Waals surface area contributed by atoms with Gasteiger partial charge in [-0.25, -0.2) is 18.1 Å². The molecule has 3 aromatic rings. The maximum Gasteiger partial charge on any atom is 0.309 e. The summed E-state index contributed by atoms with van der Waals surface area (Å²) < 4.78 is 32.1. The number of amides is 2. The van der Waals surface area contributed by atoms with Crippen molar-refractivity contribution in [2.24, 2.45) is 0 Å². The van der Waals surface area contributed by atoms with Crippen LogP contribution in [0.15, 0.2) is 71.6 Å². The van der Waals surface area contributed by atoms with E-state index in [1.54, 1.807) is 0 Å². The van der Waals surface area contributed by atoms with E-state index in [2.05, 4.69) is 10.3 Å². The number of nitrogens with zero attached hydrogens (tertiary/aromatic N) is 1. The quantitative estimate of drug-likeness (QED) is 0.472. The molecule has 10 heteroatoms. The first-order chi connectivity index (χ1) is 16.2. The minimum absolute atomic E-state index is 0.00189. The van der Waals surface area contributed by atoms with Crippen LogP contribution in [0, 0.1) is 6.92 Å². The van der Waals surface area contributed by atoms with Crippen LogP contribution in [-0.2, 0) is 21.2 Å². The molecule has 0 aliphatic carbocycles. The highest BCUT2D eigenvalue weighted by molar-refractivity contribution is 7.90. The number of nitrogens with one attached hydrogen (secondary N) is 2. The average Bonchev–Trinajstić information content (AvgIpc) is 2.79. The Balaban J connectivity index is 1.62. The summed E-state index contributed by atoms with van der Waals surface area (Å²) in [6.45, 7) is 3.13. The summed E-state index contributed by atoms with van der Waals surface area (Å²) in [7, 11) is -4.19. The highest BCUT2D eigenvalue weighted by Crippen LogP contribution is 2.15. The number of esters is 1. The van der Waals surface area contributed by atoms with Crippen molar-refractivity contribution >= 4 is 27.8 Å². The molecule has 0 unspecified atom stereocenters. The second kappa shape index (κ2) is 10.7. The predicted molar refractivity (Wildman–Crippen MR) is 124 cm³/mol. The zero-order valence-electron chi connectivity index (χ0n) is 18.6. The van der Waals surface area contributed by atoms with Gasteiger partial charge in [0, 0.05) is 25.1 Å². The molecule has 1 aromatic heterocycles. The first-order valence-corrected chi connectivity index (χ1v) is 11.8. The Labute approximate surface area is 197 Å². The van der Waals surface area contributed by atoms with Crippen LogP contribution in [0.1, 0.15) is 38.9 Å². The van der Waals surface area contributed by atoms with E-state index in [9.17, 15) is 22.8 Å². The number of pyridine rings is 1. The fraction of sp³-hybridized carbons (Fsp3) is 0.167. The molecule has 0 saturated carbocycles. The van der Waals surface area contributed by atoms with Gasteiger partial charge in [0.1, 0.15) is 0 Å². The molecule has 2 N–H and O–H groups in total. The van der Waals surface area contributed by atoms with E-state index < -0.39 is 21.9 Å². The fourth-order valence-electron chi connectivity index (χ4n) is 3.07. The lowest BCUT2D eigenvalue weighted by molar-refractivity contribution is -0.132. The monoisotopic (exact) mass is 481 g/mol. The van der Waals surface area contributed by atoms with Crippen molar-refractivity contribution in [3.05, 3.63) is 89.1 Å². The Kier molecular flexibility index (Phi) is 7.75. The lowest BCUT2D eigenvalue weighted by Gasteiger charge is -2.10. The molecule has 9 nitrogen and oxygen atoms in total. The van der Waals surface area contributed by atoms with Gasteiger partial charge < -0.3 is 10.1 Å². The predicted octanol–water partition coefficient (Wildman–Crippen LogP) is 2.41. The van der Waals surface area contributed by atoms with Crippen molar-refractivity contribution in [1.82, 2.24) is 15.0 Å². The standard InChI is InChI=1S/C24H23N3O6S/c1-16-21(12-13-22(26-16)33-17(2)28)24(30)27-34(31,32)20-10-8-19(9-11-20)23(29)25-15-14-18-6-4-3-5-7-18/h3-13H,14-15H2,1-2H3,(H,25,29)(H,27,30). The molecule has 0 aliphatic heterocycles. The van der Waals surface area contributed by atoms with Crippen molar-refractivity contribution in [3.8, 4) is 5.88 Å². The lowest BCUT2D eigenvalue weighted by atomic mass is 10.1. The molecule has 2 aromatic carbocycles. The molecule has 0 atom stereocenters. The smallest absolute Gasteiger partial charge is 0.309 e. The maximum atomic E-state index is 12.6. The van der Waals surface area contributed by atoms with Crippen molar-refractivity contribution in [3.63, 3.8) is 0 Å². The number of ether oxygens (including phenoxy) is 1. The van der Waals surface area contributed by atoms with Crippen LogP contribution in [-0.4, -0.2) is 37.7 Å². The lowest BCUT2D eigenvalue weighted by Crippen LogP contribution is -2.31. The van der Waals surface area contributed by atoms with E-state index in [-0.39, 0.29) is 27.9 Å². The number of rotatable bonds is 8. The van der Waals surface area contributed by atoms with Gasteiger partial charge in [-0.1, -0.05) is 30.3 Å². The molecule has 0 radical (unpaired) electrons. The second-order valence-corrected chi connectivity index (χ2v) is 9.01. The summed E-state index contributed by atoms with van der Waals surface area (Å²) in [4.78, 5) is 39.6. The van der Waals surface area contributed by atoms with E-state index in [1.165, 1.54) is 50.2 Å². The number of hydrogen-bond acceptors (Lipinski definition) is 7. The van der Waals surface area contributed by atoms with E-state index in [0.717, 1.165) is 5.56 Å². The summed E-state index contributed by atoms with van der Waals surface area (Å²) >= 11 is 0. The van der Waals surface area contributed by atoms with Gasteiger partial charge >= 0.3 is 5.97 Å². The van der Waals surface area contributed by atoms with Crippen LogP contribution >= 0.6 is 0 Å². The Morgan fingerprint density at radius 1 is 0.912 bits per heavy atom. The van der Waals surface area contributed by atoms with Crippen LogP contribution < -0.4 is 14.8 Å². The van der Waals surface area contributed by atoms with Gasteiger partial charge in [-0.15, -0.1) is 0 Å². The third-order valence-electron chi connectivity index (χ3n) is 4.75. The number of benzene rings is 2. The van der Waals surface area contributed by atoms with Crippen molar-refractivity contribution in [2.75, 3.05) is 6.54 Å². The van der Waals surface area contributed by atoms with Crippen LogP contribution in [0.3, 0.4) is 0 Å². The van der Waals surface area contributed by atoms with Crippen LogP contribution in [0.25, 0.3) is 0 Å². The number of carbonyl (C=O) groups excluding carboxylic acids is 3. The minimum Gasteiger partial charge on any atom is -0.408 e. The van der Waals surface area contributed by atoms with Gasteiger partial charge in [-0.2, -0.15) is 0 Å². The maximum absolute atomic E-state index is 12.6. The molecule has 1 heterocycles. The SMILES string of the molecule is CC(=O)Oc1ccc(C(=O)NS(=O)(=O)c2ccc(C(=O)NCCc3ccccc3)cc2)c(C)n1.